The van der Waals surface area contributed by atoms with Crippen LogP contribution in [-0.2, 0) is 0 Å². The van der Waals surface area contributed by atoms with Crippen LogP contribution >= 0.6 is 0 Å². The summed E-state index contributed by atoms with van der Waals surface area (Å²) in [5, 5.41) is 9.56. The smallest absolute Gasteiger partial charge is 0.171 e. The topological polar surface area (TPSA) is 23.2 Å². The lowest BCUT2D eigenvalue weighted by Crippen LogP contribution is -2.26. The minimum atomic E-state index is -0.447. The molecule has 1 aliphatic heterocycles. The maximum atomic E-state index is 9.56. The van der Waals surface area contributed by atoms with Gasteiger partial charge in [-0.1, -0.05) is 0 Å². The molecule has 2 nitrogen and oxygen atoms in total. The van der Waals surface area contributed by atoms with Crippen molar-refractivity contribution in [2.24, 2.45) is 0 Å². The van der Waals surface area contributed by atoms with Crippen LogP contribution in [0.15, 0.2) is 0 Å². The molecule has 0 bridgehead atoms. The van der Waals surface area contributed by atoms with Gasteiger partial charge in [0.15, 0.2) is 6.54 Å². The van der Waals surface area contributed by atoms with Crippen LogP contribution in [-0.4, -0.2) is 34.1 Å². The fraction of sp³-hybridized carbons (Fsp3) is 0.875. The lowest BCUT2D eigenvalue weighted by Gasteiger charge is -2.07. The van der Waals surface area contributed by atoms with Crippen molar-refractivity contribution >= 4 is 5.71 Å². The summed E-state index contributed by atoms with van der Waals surface area (Å²) in [6.45, 7) is 7.88. The van der Waals surface area contributed by atoms with E-state index in [0.29, 0.717) is 0 Å². The molecule has 10 heavy (non-hydrogen) atoms. The summed E-state index contributed by atoms with van der Waals surface area (Å²) < 4.78 is 2.22. The van der Waals surface area contributed by atoms with E-state index < -0.39 is 5.60 Å². The number of nitrogens with zero attached hydrogens (tertiary/aromatic N) is 1. The molecule has 1 N–H and O–H groups in total. The first-order valence-electron chi connectivity index (χ1n) is 3.79. The largest absolute Gasteiger partial charge is 0.383 e. The summed E-state index contributed by atoms with van der Waals surface area (Å²) >= 11 is 0. The van der Waals surface area contributed by atoms with Crippen LogP contribution in [0.1, 0.15) is 27.2 Å². The maximum Gasteiger partial charge on any atom is 0.171 e. The summed E-state index contributed by atoms with van der Waals surface area (Å²) in [5.74, 6) is 0. The van der Waals surface area contributed by atoms with Crippen molar-refractivity contribution in [1.82, 2.24) is 0 Å². The molecule has 1 heterocycles. The second-order valence-corrected chi connectivity index (χ2v) is 3.62. The molecule has 0 spiro atoms. The van der Waals surface area contributed by atoms with Gasteiger partial charge >= 0.3 is 0 Å². The van der Waals surface area contributed by atoms with Gasteiger partial charge in [-0.15, -0.1) is 0 Å². The summed E-state index contributed by atoms with van der Waals surface area (Å²) in [7, 11) is 0. The van der Waals surface area contributed by atoms with Crippen LogP contribution in [0.3, 0.4) is 0 Å². The molecule has 0 saturated carbocycles. The Balaban J connectivity index is 2.69. The van der Waals surface area contributed by atoms with E-state index in [-0.39, 0.29) is 0 Å². The number of aliphatic hydroxyl groups is 1. The van der Waals surface area contributed by atoms with E-state index >= 15 is 0 Å². The minimum absolute atomic E-state index is 0.447. The van der Waals surface area contributed by atoms with E-state index in [0.717, 1.165) is 19.5 Å². The third-order valence-corrected chi connectivity index (χ3v) is 2.08. The lowest BCUT2D eigenvalue weighted by molar-refractivity contribution is -0.514. The highest BCUT2D eigenvalue weighted by Gasteiger charge is 2.35. The average Bonchev–Trinajstić information content (AvgIpc) is 2.10. The van der Waals surface area contributed by atoms with Crippen LogP contribution in [0.2, 0.25) is 0 Å². The van der Waals surface area contributed by atoms with Crippen molar-refractivity contribution in [2.45, 2.75) is 32.8 Å². The first-order chi connectivity index (χ1) is 4.51. The molecular weight excluding hydrogens is 126 g/mol. The number of hydrogen-bond acceptors (Lipinski definition) is 1. The van der Waals surface area contributed by atoms with Crippen LogP contribution in [0, 0.1) is 0 Å². The zero-order valence-electron chi connectivity index (χ0n) is 7.02. The maximum absolute atomic E-state index is 9.56. The van der Waals surface area contributed by atoms with Crippen LogP contribution in [0.25, 0.3) is 0 Å². The molecule has 0 aromatic rings. The Morgan fingerprint density at radius 3 is 2.30 bits per heavy atom. The van der Waals surface area contributed by atoms with Crippen LogP contribution in [0.4, 0.5) is 0 Å². The first kappa shape index (κ1) is 7.73. The Hall–Kier alpha value is -0.370. The Morgan fingerprint density at radius 2 is 2.10 bits per heavy atom. The summed E-state index contributed by atoms with van der Waals surface area (Å²) in [5.41, 5.74) is 0.856. The van der Waals surface area contributed by atoms with Crippen molar-refractivity contribution in [3.8, 4) is 0 Å². The molecule has 2 heteroatoms. The predicted molar refractivity (Wildman–Crippen MR) is 41.6 cm³/mol. The highest BCUT2D eigenvalue weighted by Crippen LogP contribution is 2.16. The zero-order valence-corrected chi connectivity index (χ0v) is 7.02. The van der Waals surface area contributed by atoms with Gasteiger partial charge in [0.05, 0.1) is 0 Å². The zero-order chi connectivity index (χ0) is 7.78. The molecule has 1 atom stereocenters. The molecule has 1 fully saturated rings. The quantitative estimate of drug-likeness (QED) is 0.493. The average molecular weight is 142 g/mol. The predicted octanol–water partition coefficient (Wildman–Crippen LogP) is 0.634. The molecule has 1 rings (SSSR count). The van der Waals surface area contributed by atoms with E-state index in [4.69, 9.17) is 0 Å². The molecule has 0 aromatic heterocycles. The highest BCUT2D eigenvalue weighted by molar-refractivity contribution is 5.73. The van der Waals surface area contributed by atoms with Gasteiger partial charge in [0.1, 0.15) is 17.9 Å². The molecule has 0 aliphatic carbocycles. The third kappa shape index (κ3) is 1.57. The Labute approximate surface area is 62.2 Å². The lowest BCUT2D eigenvalue weighted by atomic mass is 10.1. The molecule has 1 unspecified atom stereocenters. The fourth-order valence-electron chi connectivity index (χ4n) is 1.33. The second-order valence-electron chi connectivity index (χ2n) is 3.62. The first-order valence-corrected chi connectivity index (χ1v) is 3.79. The van der Waals surface area contributed by atoms with Gasteiger partial charge in [-0.3, -0.25) is 0 Å². The van der Waals surface area contributed by atoms with Crippen molar-refractivity contribution in [1.29, 1.82) is 0 Å². The van der Waals surface area contributed by atoms with E-state index in [1.54, 1.807) is 0 Å². The Morgan fingerprint density at radius 1 is 1.50 bits per heavy atom. The van der Waals surface area contributed by atoms with Crippen molar-refractivity contribution in [3.05, 3.63) is 0 Å². The monoisotopic (exact) mass is 142 g/mol. The Kier molecular flexibility index (Phi) is 1.82. The van der Waals surface area contributed by atoms with E-state index in [2.05, 4.69) is 18.4 Å². The summed E-state index contributed by atoms with van der Waals surface area (Å²) in [6, 6.07) is 0. The molecule has 1 saturated heterocycles. The normalized spacial score (nSPS) is 33.0. The highest BCUT2D eigenvalue weighted by atomic mass is 16.3. The molecule has 0 amide bonds. The molecule has 58 valence electrons. The number of β-amino-alcohol motifs (C(OH)–C–C–N with tert-alkyl or cyclic N) is 1. The fourth-order valence-corrected chi connectivity index (χ4v) is 1.33. The molecular formula is C8H16NO+. The molecule has 0 radical (unpaired) electrons. The second kappa shape index (κ2) is 2.35. The van der Waals surface area contributed by atoms with Gasteiger partial charge in [-0.2, -0.15) is 0 Å². The van der Waals surface area contributed by atoms with E-state index in [1.807, 2.05) is 6.92 Å². The van der Waals surface area contributed by atoms with Crippen molar-refractivity contribution in [3.63, 3.8) is 0 Å². The van der Waals surface area contributed by atoms with Gasteiger partial charge in [0.2, 0.25) is 0 Å². The summed E-state index contributed by atoms with van der Waals surface area (Å²) in [4.78, 5) is 0. The van der Waals surface area contributed by atoms with Gasteiger partial charge in [0, 0.05) is 20.3 Å². The number of rotatable bonds is 0. The van der Waals surface area contributed by atoms with Gasteiger partial charge < -0.3 is 5.11 Å². The number of hydrogen-bond donors (Lipinski definition) is 1. The van der Waals surface area contributed by atoms with Gasteiger partial charge in [-0.05, 0) is 6.92 Å². The van der Waals surface area contributed by atoms with Gasteiger partial charge in [-0.25, -0.2) is 4.58 Å². The molecule has 1 aliphatic rings. The van der Waals surface area contributed by atoms with Crippen molar-refractivity contribution < 1.29 is 9.68 Å². The van der Waals surface area contributed by atoms with E-state index in [9.17, 15) is 5.11 Å². The molecule has 0 aromatic carbocycles. The van der Waals surface area contributed by atoms with E-state index in [1.165, 1.54) is 5.71 Å². The SMILES string of the molecule is CC(C)=[N+]1CCC(C)(O)C1. The summed E-state index contributed by atoms with van der Waals surface area (Å²) in [6.07, 6.45) is 0.901. The van der Waals surface area contributed by atoms with Crippen LogP contribution in [0.5, 0.6) is 0 Å². The minimum Gasteiger partial charge on any atom is -0.383 e. The Bertz CT molecular complexity index is 166. The third-order valence-electron chi connectivity index (χ3n) is 2.08. The van der Waals surface area contributed by atoms with Crippen molar-refractivity contribution in [2.75, 3.05) is 13.1 Å². The van der Waals surface area contributed by atoms with Crippen LogP contribution < -0.4 is 0 Å². The van der Waals surface area contributed by atoms with Gasteiger partial charge in [0.25, 0.3) is 0 Å². The standard InChI is InChI=1S/C8H16NO/c1-7(2)9-5-4-8(3,10)6-9/h10H,4-6H2,1-3H3/q+1.